The highest BCUT2D eigenvalue weighted by molar-refractivity contribution is 6.30. The van der Waals surface area contributed by atoms with Crippen molar-refractivity contribution in [2.45, 2.75) is 38.1 Å². The highest BCUT2D eigenvalue weighted by Crippen LogP contribution is 2.43. The first kappa shape index (κ1) is 14.3. The molecule has 2 heterocycles. The first-order valence-electron chi connectivity index (χ1n) is 7.49. The van der Waals surface area contributed by atoms with E-state index in [0.29, 0.717) is 5.92 Å². The quantitative estimate of drug-likeness (QED) is 0.905. The second-order valence-electron chi connectivity index (χ2n) is 5.76. The van der Waals surface area contributed by atoms with Crippen LogP contribution in [0.2, 0.25) is 5.02 Å². The van der Waals surface area contributed by atoms with Gasteiger partial charge in [-0.25, -0.2) is 0 Å². The summed E-state index contributed by atoms with van der Waals surface area (Å²) in [5.41, 5.74) is 0.982. The van der Waals surface area contributed by atoms with Crippen LogP contribution >= 0.6 is 11.6 Å². The van der Waals surface area contributed by atoms with Gasteiger partial charge in [-0.3, -0.25) is 0 Å². The predicted molar refractivity (Wildman–Crippen MR) is 79.8 cm³/mol. The third kappa shape index (κ3) is 2.73. The third-order valence-electron chi connectivity index (χ3n) is 4.60. The van der Waals surface area contributed by atoms with E-state index in [9.17, 15) is 0 Å². The molecule has 2 saturated heterocycles. The number of nitrogens with one attached hydrogen (secondary N) is 1. The van der Waals surface area contributed by atoms with E-state index in [1.54, 1.807) is 0 Å². The smallest absolute Gasteiger partial charge is 0.184 e. The maximum Gasteiger partial charge on any atom is 0.184 e. The van der Waals surface area contributed by atoms with Crippen molar-refractivity contribution < 1.29 is 9.47 Å². The summed E-state index contributed by atoms with van der Waals surface area (Å²) in [5.74, 6) is 0.486. The second kappa shape index (κ2) is 6.02. The molecule has 0 amide bonds. The lowest BCUT2D eigenvalue weighted by atomic mass is 9.78. The zero-order chi connectivity index (χ0) is 14.0. The van der Waals surface area contributed by atoms with Gasteiger partial charge in [-0.1, -0.05) is 30.7 Å². The van der Waals surface area contributed by atoms with E-state index >= 15 is 0 Å². The molecule has 1 spiro atoms. The Hall–Kier alpha value is -0.610. The van der Waals surface area contributed by atoms with Crippen molar-refractivity contribution in [1.29, 1.82) is 0 Å². The van der Waals surface area contributed by atoms with Crippen molar-refractivity contribution in [2.24, 2.45) is 5.92 Å². The van der Waals surface area contributed by atoms with Crippen LogP contribution in [0.3, 0.4) is 0 Å². The Kier molecular flexibility index (Phi) is 4.32. The molecule has 1 aromatic carbocycles. The van der Waals surface area contributed by atoms with Gasteiger partial charge in [0.15, 0.2) is 6.29 Å². The van der Waals surface area contributed by atoms with Gasteiger partial charge in [-0.2, -0.15) is 0 Å². The van der Waals surface area contributed by atoms with Crippen LogP contribution in [0.15, 0.2) is 24.3 Å². The van der Waals surface area contributed by atoms with E-state index in [2.05, 4.69) is 12.2 Å². The Balaban J connectivity index is 1.82. The van der Waals surface area contributed by atoms with Crippen LogP contribution in [0.25, 0.3) is 0 Å². The fourth-order valence-corrected chi connectivity index (χ4v) is 3.58. The summed E-state index contributed by atoms with van der Waals surface area (Å²) in [5, 5.41) is 4.15. The molecule has 2 atom stereocenters. The van der Waals surface area contributed by atoms with Gasteiger partial charge in [-0.05, 0) is 44.5 Å². The summed E-state index contributed by atoms with van der Waals surface area (Å²) >= 11 is 6.08. The van der Waals surface area contributed by atoms with Gasteiger partial charge in [0, 0.05) is 16.5 Å². The minimum Gasteiger partial charge on any atom is -0.348 e. The zero-order valence-electron chi connectivity index (χ0n) is 11.9. The molecule has 2 fully saturated rings. The minimum atomic E-state index is -0.283. The van der Waals surface area contributed by atoms with Crippen LogP contribution in [0.5, 0.6) is 0 Å². The highest BCUT2D eigenvalue weighted by Gasteiger charge is 2.45. The Labute approximate surface area is 125 Å². The number of ether oxygens (including phenoxy) is 2. The van der Waals surface area contributed by atoms with Crippen LogP contribution in [0.4, 0.5) is 0 Å². The van der Waals surface area contributed by atoms with Gasteiger partial charge < -0.3 is 14.8 Å². The van der Waals surface area contributed by atoms with Gasteiger partial charge in [0.1, 0.15) is 0 Å². The molecule has 0 bridgehead atoms. The van der Waals surface area contributed by atoms with E-state index in [-0.39, 0.29) is 11.9 Å². The topological polar surface area (TPSA) is 30.5 Å². The summed E-state index contributed by atoms with van der Waals surface area (Å²) < 4.78 is 12.4. The first-order valence-corrected chi connectivity index (χ1v) is 7.87. The molecule has 4 heteroatoms. The Morgan fingerprint density at radius 3 is 2.85 bits per heavy atom. The van der Waals surface area contributed by atoms with Gasteiger partial charge in [0.2, 0.25) is 0 Å². The molecule has 0 aliphatic carbocycles. The average molecular weight is 296 g/mol. The number of piperidine rings is 1. The van der Waals surface area contributed by atoms with Crippen molar-refractivity contribution >= 4 is 11.6 Å². The molecule has 2 aliphatic heterocycles. The van der Waals surface area contributed by atoms with Crippen molar-refractivity contribution in [1.82, 2.24) is 5.32 Å². The third-order valence-corrected chi connectivity index (χ3v) is 4.83. The first-order chi connectivity index (χ1) is 9.73. The van der Waals surface area contributed by atoms with Gasteiger partial charge in [0.05, 0.1) is 12.2 Å². The van der Waals surface area contributed by atoms with Crippen LogP contribution in [-0.4, -0.2) is 25.3 Å². The summed E-state index contributed by atoms with van der Waals surface area (Å²) in [6.45, 7) is 5.05. The minimum absolute atomic E-state index is 0.0365. The second-order valence-corrected chi connectivity index (χ2v) is 6.19. The SMILES string of the molecule is CCC1COC(c2cccc(Cl)c2)OC12CCNCC2. The fourth-order valence-electron chi connectivity index (χ4n) is 3.38. The number of halogens is 1. The number of hydrogen-bond acceptors (Lipinski definition) is 3. The molecule has 0 saturated carbocycles. The molecule has 2 unspecified atom stereocenters. The number of rotatable bonds is 2. The molecule has 3 nitrogen and oxygen atoms in total. The number of hydrogen-bond donors (Lipinski definition) is 1. The van der Waals surface area contributed by atoms with Crippen LogP contribution in [-0.2, 0) is 9.47 Å². The molecular weight excluding hydrogens is 274 g/mol. The fraction of sp³-hybridized carbons (Fsp3) is 0.625. The van der Waals surface area contributed by atoms with Crippen LogP contribution in [0.1, 0.15) is 38.0 Å². The van der Waals surface area contributed by atoms with Gasteiger partial charge in [0.25, 0.3) is 0 Å². The molecule has 0 radical (unpaired) electrons. The van der Waals surface area contributed by atoms with E-state index in [1.165, 1.54) is 0 Å². The van der Waals surface area contributed by atoms with Gasteiger partial charge >= 0.3 is 0 Å². The van der Waals surface area contributed by atoms with Crippen molar-refractivity contribution in [3.8, 4) is 0 Å². The summed E-state index contributed by atoms with van der Waals surface area (Å²) in [4.78, 5) is 0. The highest BCUT2D eigenvalue weighted by atomic mass is 35.5. The Bertz CT molecular complexity index is 460. The summed E-state index contributed by atoms with van der Waals surface area (Å²) in [6.07, 6.45) is 2.94. The molecule has 0 aromatic heterocycles. The molecular formula is C16H22ClNO2. The molecule has 3 rings (SSSR count). The zero-order valence-corrected chi connectivity index (χ0v) is 12.7. The lowest BCUT2D eigenvalue weighted by molar-refractivity contribution is -0.294. The normalized spacial score (nSPS) is 29.5. The van der Waals surface area contributed by atoms with Crippen molar-refractivity contribution in [2.75, 3.05) is 19.7 Å². The van der Waals surface area contributed by atoms with E-state index in [4.69, 9.17) is 21.1 Å². The van der Waals surface area contributed by atoms with Crippen molar-refractivity contribution in [3.05, 3.63) is 34.9 Å². The lowest BCUT2D eigenvalue weighted by Gasteiger charge is -2.49. The van der Waals surface area contributed by atoms with Crippen molar-refractivity contribution in [3.63, 3.8) is 0 Å². The van der Waals surface area contributed by atoms with E-state index < -0.39 is 0 Å². The summed E-state index contributed by atoms with van der Waals surface area (Å²) in [6, 6.07) is 7.79. The van der Waals surface area contributed by atoms with Gasteiger partial charge in [-0.15, -0.1) is 0 Å². The van der Waals surface area contributed by atoms with Crippen LogP contribution in [0, 0.1) is 5.92 Å². The van der Waals surface area contributed by atoms with Crippen LogP contribution < -0.4 is 5.32 Å². The van der Waals surface area contributed by atoms with E-state index in [1.807, 2.05) is 24.3 Å². The number of benzene rings is 1. The monoisotopic (exact) mass is 295 g/mol. The molecule has 2 aliphatic rings. The maximum atomic E-state index is 6.44. The lowest BCUT2D eigenvalue weighted by Crippen LogP contribution is -2.54. The maximum absolute atomic E-state index is 6.44. The molecule has 110 valence electrons. The van der Waals surface area contributed by atoms with E-state index in [0.717, 1.165) is 49.5 Å². The standard InChI is InChI=1S/C16H22ClNO2/c1-2-13-11-19-15(12-4-3-5-14(17)10-12)20-16(13)6-8-18-9-7-16/h3-5,10,13,15,18H,2,6-9,11H2,1H3. The Morgan fingerprint density at radius 2 is 2.15 bits per heavy atom. The molecule has 1 N–H and O–H groups in total. The largest absolute Gasteiger partial charge is 0.348 e. The predicted octanol–water partition coefficient (Wildman–Crippen LogP) is 3.53. The molecule has 20 heavy (non-hydrogen) atoms. The molecule has 1 aromatic rings. The average Bonchev–Trinajstić information content (AvgIpc) is 2.48. The Morgan fingerprint density at radius 1 is 1.35 bits per heavy atom. The summed E-state index contributed by atoms with van der Waals surface area (Å²) in [7, 11) is 0.